The SMILES string of the molecule is CC(C)Cn1cnc2nc(Cl)nc(NC(C)(C)C)c21. The Labute approximate surface area is 118 Å². The van der Waals surface area contributed by atoms with Crippen molar-refractivity contribution in [3.63, 3.8) is 0 Å². The first-order valence-corrected chi connectivity index (χ1v) is 6.80. The molecule has 2 aromatic rings. The van der Waals surface area contributed by atoms with Gasteiger partial charge in [-0.05, 0) is 38.3 Å². The second-order valence-corrected chi connectivity index (χ2v) is 6.52. The Kier molecular flexibility index (Phi) is 3.67. The average Bonchev–Trinajstić information content (AvgIpc) is 2.57. The number of hydrogen-bond donors (Lipinski definition) is 1. The maximum absolute atomic E-state index is 5.96. The van der Waals surface area contributed by atoms with E-state index in [0.29, 0.717) is 11.6 Å². The largest absolute Gasteiger partial charge is 0.364 e. The van der Waals surface area contributed by atoms with Gasteiger partial charge in [-0.25, -0.2) is 4.98 Å². The maximum Gasteiger partial charge on any atom is 0.226 e. The van der Waals surface area contributed by atoms with Crippen molar-refractivity contribution in [2.75, 3.05) is 5.32 Å². The van der Waals surface area contributed by atoms with Crippen LogP contribution >= 0.6 is 11.6 Å². The van der Waals surface area contributed by atoms with E-state index in [4.69, 9.17) is 11.6 Å². The lowest BCUT2D eigenvalue weighted by atomic mass is 10.1. The van der Waals surface area contributed by atoms with Crippen molar-refractivity contribution in [1.29, 1.82) is 0 Å². The summed E-state index contributed by atoms with van der Waals surface area (Å²) in [7, 11) is 0. The number of nitrogens with zero attached hydrogens (tertiary/aromatic N) is 4. The van der Waals surface area contributed by atoms with E-state index in [1.54, 1.807) is 6.33 Å². The van der Waals surface area contributed by atoms with E-state index in [1.165, 1.54) is 0 Å². The molecule has 0 fully saturated rings. The first-order chi connectivity index (χ1) is 8.76. The van der Waals surface area contributed by atoms with Gasteiger partial charge in [-0.15, -0.1) is 0 Å². The molecule has 0 radical (unpaired) electrons. The molecular weight excluding hydrogens is 262 g/mol. The van der Waals surface area contributed by atoms with Gasteiger partial charge in [0, 0.05) is 12.1 Å². The molecule has 2 rings (SSSR count). The summed E-state index contributed by atoms with van der Waals surface area (Å²) in [5, 5.41) is 3.59. The van der Waals surface area contributed by atoms with E-state index in [0.717, 1.165) is 17.9 Å². The number of rotatable bonds is 3. The first-order valence-electron chi connectivity index (χ1n) is 6.43. The van der Waals surface area contributed by atoms with Crippen LogP contribution in [0.25, 0.3) is 11.2 Å². The van der Waals surface area contributed by atoms with Crippen molar-refractivity contribution in [1.82, 2.24) is 19.5 Å². The Hall–Kier alpha value is -1.36. The molecule has 1 N–H and O–H groups in total. The average molecular weight is 282 g/mol. The molecule has 6 heteroatoms. The van der Waals surface area contributed by atoms with Crippen LogP contribution in [0.1, 0.15) is 34.6 Å². The molecule has 0 saturated carbocycles. The smallest absolute Gasteiger partial charge is 0.226 e. The van der Waals surface area contributed by atoms with Gasteiger partial charge in [0.2, 0.25) is 5.28 Å². The number of fused-ring (bicyclic) bond motifs is 1. The lowest BCUT2D eigenvalue weighted by molar-refractivity contribution is 0.532. The molecule has 5 nitrogen and oxygen atoms in total. The van der Waals surface area contributed by atoms with Crippen LogP contribution in [0, 0.1) is 5.92 Å². The minimum atomic E-state index is -0.0997. The van der Waals surface area contributed by atoms with Crippen LogP contribution in [0.2, 0.25) is 5.28 Å². The Morgan fingerprint density at radius 2 is 2.00 bits per heavy atom. The molecule has 0 unspecified atom stereocenters. The lowest BCUT2D eigenvalue weighted by Gasteiger charge is -2.22. The number of halogens is 1. The molecule has 0 saturated heterocycles. The van der Waals surface area contributed by atoms with Gasteiger partial charge in [0.1, 0.15) is 5.52 Å². The zero-order valence-corrected chi connectivity index (χ0v) is 12.8. The fourth-order valence-corrected chi connectivity index (χ4v) is 2.09. The summed E-state index contributed by atoms with van der Waals surface area (Å²) in [5.41, 5.74) is 1.44. The van der Waals surface area contributed by atoms with Gasteiger partial charge >= 0.3 is 0 Å². The van der Waals surface area contributed by atoms with E-state index < -0.39 is 0 Å². The zero-order valence-electron chi connectivity index (χ0n) is 12.0. The lowest BCUT2D eigenvalue weighted by Crippen LogP contribution is -2.27. The number of anilines is 1. The Morgan fingerprint density at radius 3 is 2.58 bits per heavy atom. The number of hydrogen-bond acceptors (Lipinski definition) is 4. The summed E-state index contributed by atoms with van der Waals surface area (Å²) >= 11 is 5.96. The summed E-state index contributed by atoms with van der Waals surface area (Å²) in [4.78, 5) is 12.8. The molecule has 0 amide bonds. The Morgan fingerprint density at radius 1 is 1.32 bits per heavy atom. The van der Waals surface area contributed by atoms with Crippen LogP contribution in [0.4, 0.5) is 5.82 Å². The third-order valence-corrected chi connectivity index (χ3v) is 2.67. The van der Waals surface area contributed by atoms with Crippen molar-refractivity contribution in [2.24, 2.45) is 5.92 Å². The topological polar surface area (TPSA) is 55.6 Å². The predicted octanol–water partition coefficient (Wildman–Crippen LogP) is 3.35. The van der Waals surface area contributed by atoms with E-state index in [-0.39, 0.29) is 10.8 Å². The van der Waals surface area contributed by atoms with Gasteiger partial charge < -0.3 is 9.88 Å². The van der Waals surface area contributed by atoms with Crippen LogP contribution in [0.3, 0.4) is 0 Å². The highest BCUT2D eigenvalue weighted by molar-refractivity contribution is 6.28. The molecule has 0 atom stereocenters. The zero-order chi connectivity index (χ0) is 14.2. The van der Waals surface area contributed by atoms with Crippen molar-refractivity contribution in [2.45, 2.75) is 46.7 Å². The Bertz CT molecular complexity index is 582. The fourth-order valence-electron chi connectivity index (χ4n) is 1.93. The summed E-state index contributed by atoms with van der Waals surface area (Å²) < 4.78 is 2.07. The van der Waals surface area contributed by atoms with Crippen molar-refractivity contribution < 1.29 is 0 Å². The number of imidazole rings is 1. The van der Waals surface area contributed by atoms with Gasteiger partial charge in [0.15, 0.2) is 11.5 Å². The summed E-state index contributed by atoms with van der Waals surface area (Å²) in [6.45, 7) is 11.5. The Balaban J connectivity index is 2.56. The molecule has 0 bridgehead atoms. The number of nitrogens with one attached hydrogen (secondary N) is 1. The van der Waals surface area contributed by atoms with Crippen LogP contribution in [0.5, 0.6) is 0 Å². The first kappa shape index (κ1) is 14.1. The predicted molar refractivity (Wildman–Crippen MR) is 78.5 cm³/mol. The number of aromatic nitrogens is 4. The van der Waals surface area contributed by atoms with Crippen LogP contribution < -0.4 is 5.32 Å². The molecule has 2 aromatic heterocycles. The fraction of sp³-hybridized carbons (Fsp3) is 0.615. The van der Waals surface area contributed by atoms with Gasteiger partial charge in [-0.2, -0.15) is 9.97 Å². The van der Waals surface area contributed by atoms with E-state index in [9.17, 15) is 0 Å². The summed E-state index contributed by atoms with van der Waals surface area (Å²) in [5.74, 6) is 1.26. The van der Waals surface area contributed by atoms with Crippen molar-refractivity contribution in [3.05, 3.63) is 11.6 Å². The van der Waals surface area contributed by atoms with Crippen LogP contribution in [-0.2, 0) is 6.54 Å². The van der Waals surface area contributed by atoms with Crippen LogP contribution in [-0.4, -0.2) is 25.1 Å². The van der Waals surface area contributed by atoms with Crippen molar-refractivity contribution >= 4 is 28.6 Å². The molecule has 0 aliphatic heterocycles. The second-order valence-electron chi connectivity index (χ2n) is 6.18. The monoisotopic (exact) mass is 281 g/mol. The highest BCUT2D eigenvalue weighted by Crippen LogP contribution is 2.24. The quantitative estimate of drug-likeness (QED) is 0.877. The minimum Gasteiger partial charge on any atom is -0.364 e. The molecule has 0 aromatic carbocycles. The van der Waals surface area contributed by atoms with Crippen molar-refractivity contribution in [3.8, 4) is 0 Å². The summed E-state index contributed by atoms with van der Waals surface area (Å²) in [6, 6.07) is 0. The van der Waals surface area contributed by atoms with Crippen LogP contribution in [0.15, 0.2) is 6.33 Å². The normalized spacial score (nSPS) is 12.4. The molecule has 0 spiro atoms. The molecular formula is C13H20ClN5. The highest BCUT2D eigenvalue weighted by atomic mass is 35.5. The van der Waals surface area contributed by atoms with Gasteiger partial charge in [-0.3, -0.25) is 0 Å². The second kappa shape index (κ2) is 4.96. The molecule has 0 aliphatic rings. The third-order valence-electron chi connectivity index (χ3n) is 2.50. The molecule has 0 aliphatic carbocycles. The molecule has 19 heavy (non-hydrogen) atoms. The third kappa shape index (κ3) is 3.35. The highest BCUT2D eigenvalue weighted by Gasteiger charge is 2.18. The van der Waals surface area contributed by atoms with Gasteiger partial charge in [0.25, 0.3) is 0 Å². The van der Waals surface area contributed by atoms with Gasteiger partial charge in [-0.1, -0.05) is 13.8 Å². The standard InChI is InChI=1S/C13H20ClN5/c1-8(2)6-19-7-15-10-9(19)11(17-12(14)16-10)18-13(3,4)5/h7-8H,6H2,1-5H3,(H,16,17,18). The van der Waals surface area contributed by atoms with E-state index in [1.807, 2.05) is 0 Å². The van der Waals surface area contributed by atoms with Gasteiger partial charge in [0.05, 0.1) is 6.33 Å². The molecule has 2 heterocycles. The van der Waals surface area contributed by atoms with E-state index >= 15 is 0 Å². The molecule has 104 valence electrons. The summed E-state index contributed by atoms with van der Waals surface area (Å²) in [6.07, 6.45) is 1.80. The van der Waals surface area contributed by atoms with E-state index in [2.05, 4.69) is 59.5 Å². The minimum absolute atomic E-state index is 0.0997. The maximum atomic E-state index is 5.96.